The fourth-order valence-corrected chi connectivity index (χ4v) is 7.91. The quantitative estimate of drug-likeness (QED) is 0.0326. The Morgan fingerprint density at radius 1 is 1.09 bits per heavy atom. The summed E-state index contributed by atoms with van der Waals surface area (Å²) >= 11 is 1.16. The Bertz CT molecular complexity index is 1630. The number of benzene rings is 1. The first-order chi connectivity index (χ1) is 27.5. The molecule has 6 N–H and O–H groups in total. The number of esters is 1. The highest BCUT2D eigenvalue weighted by atomic mass is 32.1. The molecule has 1 fully saturated rings. The molecule has 0 bridgehead atoms. The van der Waals surface area contributed by atoms with Gasteiger partial charge < -0.3 is 26.2 Å². The number of carboxylic acids is 1. The molecular formula is C43H68N6O8S. The third-order valence-electron chi connectivity index (χ3n) is 10.9. The van der Waals surface area contributed by atoms with Crippen molar-refractivity contribution in [3.63, 3.8) is 0 Å². The molecule has 1 aromatic heterocycles. The summed E-state index contributed by atoms with van der Waals surface area (Å²) in [6.45, 7) is 15.7. The molecule has 0 aliphatic carbocycles. The molecule has 15 heteroatoms. The van der Waals surface area contributed by atoms with Gasteiger partial charge in [0.05, 0.1) is 36.7 Å². The van der Waals surface area contributed by atoms with Crippen LogP contribution >= 0.6 is 11.3 Å². The molecule has 14 nitrogen and oxygen atoms in total. The molecule has 1 aliphatic heterocycles. The van der Waals surface area contributed by atoms with Crippen molar-refractivity contribution in [3.8, 4) is 0 Å². The molecule has 0 saturated carbocycles. The Balaban J connectivity index is 1.91. The highest BCUT2D eigenvalue weighted by Gasteiger charge is 2.39. The van der Waals surface area contributed by atoms with Gasteiger partial charge in [-0.2, -0.15) is 0 Å². The number of carboxylic acid groups (broad SMARTS) is 1. The number of hydrogen-bond acceptors (Lipinski definition) is 12. The number of aromatic nitrogens is 1. The van der Waals surface area contributed by atoms with E-state index in [9.17, 15) is 29.1 Å². The third-order valence-corrected chi connectivity index (χ3v) is 11.8. The van der Waals surface area contributed by atoms with E-state index in [2.05, 4.69) is 27.9 Å². The van der Waals surface area contributed by atoms with Crippen molar-refractivity contribution in [1.29, 1.82) is 0 Å². The molecule has 0 radical (unpaired) electrons. The van der Waals surface area contributed by atoms with E-state index in [-0.39, 0.29) is 54.6 Å². The summed E-state index contributed by atoms with van der Waals surface area (Å²) in [6.07, 6.45) is 5.83. The van der Waals surface area contributed by atoms with Gasteiger partial charge in [0.2, 0.25) is 0 Å². The Labute approximate surface area is 348 Å². The molecule has 3 rings (SSSR count). The average molecular weight is 829 g/mol. The van der Waals surface area contributed by atoms with E-state index < -0.39 is 47.5 Å². The number of rotatable bonds is 25. The summed E-state index contributed by atoms with van der Waals surface area (Å²) in [5.41, 5.74) is 6.31. The molecule has 324 valence electrons. The van der Waals surface area contributed by atoms with Crippen LogP contribution < -0.4 is 21.7 Å². The number of anilines is 1. The number of aliphatic carboxylic acids is 1. The van der Waals surface area contributed by atoms with Crippen LogP contribution in [0, 0.1) is 17.3 Å². The van der Waals surface area contributed by atoms with E-state index in [1.165, 1.54) is 12.0 Å². The zero-order chi connectivity index (χ0) is 43.0. The number of ketones is 1. The molecule has 6 atom stereocenters. The number of nitrogens with zero attached hydrogens (tertiary/aromatic N) is 2. The standard InChI is InChI=1S/C43H68N6O8S/c1-9-11-14-21-56-49(41(53)38(28(5)10-2)46-25-36(51)33-15-12-13-20-45-33)35(27(3)4)23-37(57-29(6)50)40-48-34(26-58-40)39(52)47-32(24-43(7,8)42(54)55)22-30-16-18-31(44)19-17-30/h16-19,26-28,32-33,35,37-38,45-46H,9-15,20-25,44H2,1-8H3,(H,47,52)(H,54,55)/t28-,32-,33?,35+,37+,38-/m0/s1. The number of nitrogens with one attached hydrogen (secondary N) is 3. The van der Waals surface area contributed by atoms with Crippen molar-refractivity contribution in [2.75, 3.05) is 25.4 Å². The Morgan fingerprint density at radius 3 is 2.38 bits per heavy atom. The SMILES string of the molecule is CCCCCON(C(=O)[C@@H](NCC(=O)C1CCCCN1)[C@@H](C)CC)[C@H](C[C@@H](OC(C)=O)c1nc(C(=O)N[C@@H](Cc2ccc(N)cc2)CC(C)(C)C(=O)O)cs1)C(C)C. The van der Waals surface area contributed by atoms with Crippen LogP contribution in [-0.2, 0) is 35.2 Å². The fourth-order valence-electron chi connectivity index (χ4n) is 7.08. The minimum atomic E-state index is -1.13. The van der Waals surface area contributed by atoms with Crippen LogP contribution in [-0.4, -0.2) is 88.6 Å². The first-order valence-corrected chi connectivity index (χ1v) is 21.8. The number of carbonyl (C=O) groups excluding carboxylic acids is 4. The van der Waals surface area contributed by atoms with Crippen molar-refractivity contribution in [2.45, 2.75) is 150 Å². The summed E-state index contributed by atoms with van der Waals surface area (Å²) in [5.74, 6) is -2.59. The fraction of sp³-hybridized carbons (Fsp3) is 0.674. The number of hydrogen-bond donors (Lipinski definition) is 5. The lowest BCUT2D eigenvalue weighted by Gasteiger charge is -2.38. The number of hydroxylamine groups is 2. The number of nitrogens with two attached hydrogens (primary N) is 1. The molecule has 2 amide bonds. The maximum atomic E-state index is 14.7. The van der Waals surface area contributed by atoms with Gasteiger partial charge in [0.15, 0.2) is 11.9 Å². The third kappa shape index (κ3) is 15.0. The van der Waals surface area contributed by atoms with Gasteiger partial charge in [0, 0.05) is 30.5 Å². The molecule has 2 heterocycles. The second-order valence-electron chi connectivity index (χ2n) is 16.6. The Kier molecular flexibility index (Phi) is 19.7. The maximum absolute atomic E-state index is 14.7. The number of piperidine rings is 1. The first kappa shape index (κ1) is 48.4. The van der Waals surface area contributed by atoms with Gasteiger partial charge in [-0.1, -0.05) is 72.4 Å². The van der Waals surface area contributed by atoms with Crippen LogP contribution in [0.5, 0.6) is 0 Å². The Hall–Kier alpha value is -3.92. The summed E-state index contributed by atoms with van der Waals surface area (Å²) < 4.78 is 5.86. The van der Waals surface area contributed by atoms with E-state index in [4.69, 9.17) is 15.3 Å². The summed E-state index contributed by atoms with van der Waals surface area (Å²) in [5, 5.41) is 22.8. The highest BCUT2D eigenvalue weighted by Crippen LogP contribution is 2.32. The lowest BCUT2D eigenvalue weighted by Crippen LogP contribution is -2.56. The molecule has 58 heavy (non-hydrogen) atoms. The summed E-state index contributed by atoms with van der Waals surface area (Å²) in [6, 6.07) is 5.13. The number of nitrogen functional groups attached to an aromatic ring is 1. The number of unbranched alkanes of at least 4 members (excludes halogenated alkanes) is 2. The van der Waals surface area contributed by atoms with E-state index in [1.807, 2.05) is 39.8 Å². The van der Waals surface area contributed by atoms with Gasteiger partial charge in [-0.15, -0.1) is 11.3 Å². The van der Waals surface area contributed by atoms with Crippen LogP contribution in [0.3, 0.4) is 0 Å². The van der Waals surface area contributed by atoms with Gasteiger partial charge >= 0.3 is 11.9 Å². The number of Topliss-reactive ketones (excluding diaryl/α,β-unsaturated/α-hetero) is 1. The molecule has 0 spiro atoms. The molecule has 1 unspecified atom stereocenters. The van der Waals surface area contributed by atoms with Crippen LogP contribution in [0.25, 0.3) is 0 Å². The van der Waals surface area contributed by atoms with Crippen LogP contribution in [0.2, 0.25) is 0 Å². The number of amides is 2. The van der Waals surface area contributed by atoms with E-state index in [0.29, 0.717) is 30.1 Å². The molecular weight excluding hydrogens is 761 g/mol. The van der Waals surface area contributed by atoms with E-state index in [0.717, 1.165) is 62.0 Å². The predicted molar refractivity (Wildman–Crippen MR) is 226 cm³/mol. The van der Waals surface area contributed by atoms with Gasteiger partial charge in [0.25, 0.3) is 11.8 Å². The molecule has 1 aliphatic rings. The number of carbonyl (C=O) groups is 5. The van der Waals surface area contributed by atoms with Crippen LogP contribution in [0.15, 0.2) is 29.6 Å². The average Bonchev–Trinajstić information content (AvgIpc) is 3.68. The number of ether oxygens (including phenoxy) is 1. The van der Waals surface area contributed by atoms with Crippen LogP contribution in [0.4, 0.5) is 5.69 Å². The van der Waals surface area contributed by atoms with Gasteiger partial charge in [0.1, 0.15) is 10.7 Å². The second-order valence-corrected chi connectivity index (χ2v) is 17.5. The zero-order valence-corrected chi connectivity index (χ0v) is 36.6. The van der Waals surface area contributed by atoms with E-state index >= 15 is 0 Å². The van der Waals surface area contributed by atoms with Crippen molar-refractivity contribution in [2.24, 2.45) is 17.3 Å². The molecule has 2 aromatic rings. The van der Waals surface area contributed by atoms with E-state index in [1.54, 1.807) is 31.4 Å². The number of thiazole rings is 1. The van der Waals surface area contributed by atoms with Crippen molar-refractivity contribution < 1.29 is 38.7 Å². The zero-order valence-electron chi connectivity index (χ0n) is 35.8. The minimum absolute atomic E-state index is 0.0253. The smallest absolute Gasteiger partial charge is 0.309 e. The van der Waals surface area contributed by atoms with Crippen LogP contribution in [0.1, 0.15) is 140 Å². The lowest BCUT2D eigenvalue weighted by atomic mass is 9.84. The first-order valence-electron chi connectivity index (χ1n) is 20.9. The minimum Gasteiger partial charge on any atom is -0.481 e. The second kappa shape index (κ2) is 23.6. The van der Waals surface area contributed by atoms with Gasteiger partial charge in [-0.05, 0) is 82.0 Å². The maximum Gasteiger partial charge on any atom is 0.309 e. The lowest BCUT2D eigenvalue weighted by molar-refractivity contribution is -0.213. The molecule has 1 saturated heterocycles. The van der Waals surface area contributed by atoms with Gasteiger partial charge in [-0.3, -0.25) is 34.1 Å². The van der Waals surface area contributed by atoms with Crippen molar-refractivity contribution in [3.05, 3.63) is 45.9 Å². The summed E-state index contributed by atoms with van der Waals surface area (Å²) in [7, 11) is 0. The molecule has 1 aromatic carbocycles. The van der Waals surface area contributed by atoms with Crippen molar-refractivity contribution in [1.82, 2.24) is 26.0 Å². The highest BCUT2D eigenvalue weighted by molar-refractivity contribution is 7.09. The largest absolute Gasteiger partial charge is 0.481 e. The van der Waals surface area contributed by atoms with Crippen molar-refractivity contribution >= 4 is 46.6 Å². The van der Waals surface area contributed by atoms with Gasteiger partial charge in [-0.25, -0.2) is 10.0 Å². The topological polar surface area (TPSA) is 202 Å². The normalized spacial score (nSPS) is 17.2. The monoisotopic (exact) mass is 828 g/mol. The summed E-state index contributed by atoms with van der Waals surface area (Å²) in [4.78, 5) is 77.2. The Morgan fingerprint density at radius 2 is 1.79 bits per heavy atom. The predicted octanol–water partition coefficient (Wildman–Crippen LogP) is 6.25.